The molecule has 0 nitrogen and oxygen atoms in total. The molecule has 1 aliphatic rings. The van der Waals surface area contributed by atoms with Gasteiger partial charge in [0.05, 0.1) is 0 Å². The van der Waals surface area contributed by atoms with Crippen molar-refractivity contribution in [1.29, 1.82) is 0 Å². The predicted octanol–water partition coefficient (Wildman–Crippen LogP) is 8.87. The van der Waals surface area contributed by atoms with E-state index in [1.807, 2.05) is 0 Å². The van der Waals surface area contributed by atoms with Crippen LogP contribution in [0, 0.1) is 5.92 Å². The van der Waals surface area contributed by atoms with Gasteiger partial charge in [-0.25, -0.2) is 0 Å². The van der Waals surface area contributed by atoms with Gasteiger partial charge in [0.15, 0.2) is 0 Å². The van der Waals surface area contributed by atoms with Crippen LogP contribution in [-0.4, -0.2) is 0 Å². The molecule has 29 heavy (non-hydrogen) atoms. The molecule has 3 aromatic rings. The lowest BCUT2D eigenvalue weighted by Crippen LogP contribution is -2.13. The normalized spacial score (nSPS) is 19.2. The Balaban J connectivity index is 1.36. The number of hydrogen-bond acceptors (Lipinski definition) is 0. The van der Waals surface area contributed by atoms with Gasteiger partial charge in [-0.2, -0.15) is 0 Å². The third kappa shape index (κ3) is 5.18. The first kappa shape index (κ1) is 20.0. The van der Waals surface area contributed by atoms with Crippen LogP contribution >= 0.6 is 0 Å². The first-order valence-corrected chi connectivity index (χ1v) is 11.6. The lowest BCUT2D eigenvalue weighted by Gasteiger charge is -2.29. The highest BCUT2D eigenvalue weighted by Gasteiger charge is 2.22. The Labute approximate surface area is 177 Å². The number of rotatable bonds is 7. The number of hydrogen-bond donors (Lipinski definition) is 0. The molecule has 4 rings (SSSR count). The Kier molecular flexibility index (Phi) is 6.83. The first-order valence-electron chi connectivity index (χ1n) is 11.6. The molecule has 0 unspecified atom stereocenters. The number of benzene rings is 3. The summed E-state index contributed by atoms with van der Waals surface area (Å²) in [6.45, 7) is 2.30. The van der Waals surface area contributed by atoms with Crippen LogP contribution in [0.1, 0.15) is 69.8 Å². The van der Waals surface area contributed by atoms with Crippen LogP contribution in [0.5, 0.6) is 0 Å². The van der Waals surface area contributed by atoms with E-state index >= 15 is 0 Å². The smallest absolute Gasteiger partial charge is 0.0162 e. The van der Waals surface area contributed by atoms with Gasteiger partial charge in [0.25, 0.3) is 0 Å². The van der Waals surface area contributed by atoms with E-state index in [0.717, 1.165) is 11.8 Å². The van der Waals surface area contributed by atoms with Crippen molar-refractivity contribution in [3.05, 3.63) is 84.4 Å². The van der Waals surface area contributed by atoms with Crippen LogP contribution < -0.4 is 0 Å². The Morgan fingerprint density at radius 2 is 1.10 bits per heavy atom. The second-order valence-electron chi connectivity index (χ2n) is 8.78. The third-order valence-corrected chi connectivity index (χ3v) is 6.77. The highest BCUT2D eigenvalue weighted by molar-refractivity contribution is 5.70. The van der Waals surface area contributed by atoms with E-state index in [4.69, 9.17) is 0 Å². The fourth-order valence-electron chi connectivity index (χ4n) is 4.90. The summed E-state index contributed by atoms with van der Waals surface area (Å²) >= 11 is 0. The first-order chi connectivity index (χ1) is 14.3. The molecule has 1 aliphatic carbocycles. The largest absolute Gasteiger partial charge is 0.0654 e. The molecule has 0 bridgehead atoms. The van der Waals surface area contributed by atoms with Gasteiger partial charge in [0, 0.05) is 0 Å². The summed E-state index contributed by atoms with van der Waals surface area (Å²) in [4.78, 5) is 0. The quantitative estimate of drug-likeness (QED) is 0.358. The van der Waals surface area contributed by atoms with Crippen molar-refractivity contribution in [2.45, 2.75) is 64.2 Å². The molecule has 0 radical (unpaired) electrons. The minimum Gasteiger partial charge on any atom is -0.0654 e. The molecule has 0 heteroatoms. The van der Waals surface area contributed by atoms with Gasteiger partial charge in [-0.1, -0.05) is 111 Å². The van der Waals surface area contributed by atoms with Crippen LogP contribution in [0.25, 0.3) is 22.3 Å². The molecule has 150 valence electrons. The van der Waals surface area contributed by atoms with Crippen molar-refractivity contribution in [3.63, 3.8) is 0 Å². The monoisotopic (exact) mass is 382 g/mol. The summed E-state index contributed by atoms with van der Waals surface area (Å²) in [5, 5.41) is 0. The second kappa shape index (κ2) is 9.92. The molecule has 0 heterocycles. The van der Waals surface area contributed by atoms with Crippen molar-refractivity contribution in [1.82, 2.24) is 0 Å². The van der Waals surface area contributed by atoms with E-state index in [2.05, 4.69) is 85.8 Å². The zero-order valence-electron chi connectivity index (χ0n) is 17.8. The van der Waals surface area contributed by atoms with Crippen LogP contribution in [0.3, 0.4) is 0 Å². The van der Waals surface area contributed by atoms with Gasteiger partial charge in [-0.05, 0) is 65.3 Å². The summed E-state index contributed by atoms with van der Waals surface area (Å²) in [5.74, 6) is 1.76. The van der Waals surface area contributed by atoms with Gasteiger partial charge in [0.2, 0.25) is 0 Å². The minimum atomic E-state index is 0.770. The Bertz CT molecular complexity index is 850. The Morgan fingerprint density at radius 1 is 0.586 bits per heavy atom. The lowest BCUT2D eigenvalue weighted by molar-refractivity contribution is 0.303. The van der Waals surface area contributed by atoms with Crippen LogP contribution in [-0.2, 0) is 0 Å². The molecule has 0 atom stereocenters. The van der Waals surface area contributed by atoms with Crippen LogP contribution in [0.15, 0.2) is 78.9 Å². The zero-order chi connectivity index (χ0) is 19.9. The Morgan fingerprint density at radius 3 is 1.66 bits per heavy atom. The summed E-state index contributed by atoms with van der Waals surface area (Å²) in [6.07, 6.45) is 11.3. The second-order valence-corrected chi connectivity index (χ2v) is 8.78. The molecule has 0 amide bonds. The summed E-state index contributed by atoms with van der Waals surface area (Å²) in [5.41, 5.74) is 6.72. The third-order valence-electron chi connectivity index (χ3n) is 6.77. The molecule has 0 aromatic heterocycles. The van der Waals surface area contributed by atoms with E-state index in [9.17, 15) is 0 Å². The van der Waals surface area contributed by atoms with Crippen molar-refractivity contribution in [2.75, 3.05) is 0 Å². The minimum absolute atomic E-state index is 0.770. The summed E-state index contributed by atoms with van der Waals surface area (Å²) < 4.78 is 0. The van der Waals surface area contributed by atoms with E-state index in [1.54, 1.807) is 5.56 Å². The summed E-state index contributed by atoms with van der Waals surface area (Å²) in [6, 6.07) is 29.0. The fraction of sp³-hybridized carbons (Fsp3) is 0.379. The van der Waals surface area contributed by atoms with E-state index in [1.165, 1.54) is 73.6 Å². The van der Waals surface area contributed by atoms with Crippen molar-refractivity contribution >= 4 is 0 Å². The maximum atomic E-state index is 2.38. The van der Waals surface area contributed by atoms with Gasteiger partial charge in [-0.15, -0.1) is 0 Å². The average molecular weight is 383 g/mol. The lowest BCUT2D eigenvalue weighted by atomic mass is 9.77. The van der Waals surface area contributed by atoms with Crippen molar-refractivity contribution in [2.24, 2.45) is 5.92 Å². The zero-order valence-corrected chi connectivity index (χ0v) is 17.8. The van der Waals surface area contributed by atoms with Gasteiger partial charge >= 0.3 is 0 Å². The average Bonchev–Trinajstić information content (AvgIpc) is 2.81. The molecule has 1 saturated carbocycles. The van der Waals surface area contributed by atoms with Crippen molar-refractivity contribution in [3.8, 4) is 22.3 Å². The maximum absolute atomic E-state index is 2.38. The van der Waals surface area contributed by atoms with Crippen LogP contribution in [0.2, 0.25) is 0 Å². The van der Waals surface area contributed by atoms with Gasteiger partial charge in [0.1, 0.15) is 0 Å². The molecule has 0 spiro atoms. The Hall–Kier alpha value is -2.34. The van der Waals surface area contributed by atoms with Crippen molar-refractivity contribution < 1.29 is 0 Å². The fourth-order valence-corrected chi connectivity index (χ4v) is 4.90. The molecule has 3 aromatic carbocycles. The van der Waals surface area contributed by atoms with Gasteiger partial charge in [-0.3, -0.25) is 0 Å². The highest BCUT2D eigenvalue weighted by Crippen LogP contribution is 2.38. The molecular formula is C29H34. The number of unbranched alkanes of at least 4 members (excludes halogenated alkanes) is 2. The molecule has 0 aliphatic heterocycles. The molecular weight excluding hydrogens is 348 g/mol. The van der Waals surface area contributed by atoms with E-state index in [0.29, 0.717) is 0 Å². The molecule has 1 fully saturated rings. The topological polar surface area (TPSA) is 0 Å². The molecule has 0 N–H and O–H groups in total. The SMILES string of the molecule is CCCCCC1CCC(c2ccc(-c3ccc(-c4ccccc4)cc3)cc2)CC1. The summed E-state index contributed by atoms with van der Waals surface area (Å²) in [7, 11) is 0. The van der Waals surface area contributed by atoms with Crippen LogP contribution in [0.4, 0.5) is 0 Å². The predicted molar refractivity (Wildman–Crippen MR) is 126 cm³/mol. The highest BCUT2D eigenvalue weighted by atomic mass is 14.3. The van der Waals surface area contributed by atoms with E-state index in [-0.39, 0.29) is 0 Å². The molecule has 0 saturated heterocycles. The maximum Gasteiger partial charge on any atom is -0.0162 e. The van der Waals surface area contributed by atoms with E-state index < -0.39 is 0 Å². The van der Waals surface area contributed by atoms with Gasteiger partial charge < -0.3 is 0 Å². The standard InChI is InChI=1S/C29H34/c1-2-3-5-8-23-11-13-25(14-12-23)27-19-21-29(22-20-27)28-17-15-26(16-18-28)24-9-6-4-7-10-24/h4,6-7,9-10,15-23,25H,2-3,5,8,11-14H2,1H3.